The van der Waals surface area contributed by atoms with Gasteiger partial charge in [-0.25, -0.2) is 9.97 Å². The summed E-state index contributed by atoms with van der Waals surface area (Å²) in [6, 6.07) is 14.0. The van der Waals surface area contributed by atoms with Gasteiger partial charge in [0.25, 0.3) is 0 Å². The summed E-state index contributed by atoms with van der Waals surface area (Å²) in [6.45, 7) is 4.75. The van der Waals surface area contributed by atoms with Crippen molar-refractivity contribution in [2.24, 2.45) is 0 Å². The molecule has 2 N–H and O–H groups in total. The Morgan fingerprint density at radius 2 is 1.80 bits per heavy atom. The molecule has 0 aliphatic carbocycles. The van der Waals surface area contributed by atoms with Gasteiger partial charge in [0, 0.05) is 25.2 Å². The lowest BCUT2D eigenvalue weighted by Gasteiger charge is -2.24. The maximum absolute atomic E-state index is 5.86. The predicted octanol–water partition coefficient (Wildman–Crippen LogP) is 3.03. The second-order valence-corrected chi connectivity index (χ2v) is 7.49. The number of hydrogen-bond acceptors (Lipinski definition) is 7. The van der Waals surface area contributed by atoms with E-state index in [0.29, 0.717) is 24.9 Å². The van der Waals surface area contributed by atoms with Crippen molar-refractivity contribution in [1.82, 2.24) is 20.2 Å². The van der Waals surface area contributed by atoms with Crippen LogP contribution in [-0.2, 0) is 9.47 Å². The van der Waals surface area contributed by atoms with Crippen LogP contribution in [-0.4, -0.2) is 58.7 Å². The fourth-order valence-corrected chi connectivity index (χ4v) is 3.76. The summed E-state index contributed by atoms with van der Waals surface area (Å²) in [5.74, 6) is 2.97. The van der Waals surface area contributed by atoms with E-state index in [1.807, 2.05) is 61.5 Å². The van der Waals surface area contributed by atoms with E-state index in [9.17, 15) is 0 Å². The van der Waals surface area contributed by atoms with Crippen molar-refractivity contribution in [2.75, 3.05) is 36.5 Å². The number of nitrogens with one attached hydrogen (secondary N) is 2. The quantitative estimate of drug-likeness (QED) is 0.676. The van der Waals surface area contributed by atoms with E-state index in [0.717, 1.165) is 36.0 Å². The van der Waals surface area contributed by atoms with Crippen LogP contribution in [0.2, 0.25) is 0 Å². The van der Waals surface area contributed by atoms with Crippen molar-refractivity contribution in [2.45, 2.75) is 19.1 Å². The average Bonchev–Trinajstić information content (AvgIpc) is 3.39. The fraction of sp³-hybridized carbons (Fsp3) is 0.318. The Bertz CT molecular complexity index is 1020. The summed E-state index contributed by atoms with van der Waals surface area (Å²) in [5.41, 5.74) is 2.01. The third-order valence-corrected chi connectivity index (χ3v) is 5.21. The highest BCUT2D eigenvalue weighted by Gasteiger charge is 2.37. The summed E-state index contributed by atoms with van der Waals surface area (Å²) >= 11 is 0. The molecule has 4 heterocycles. The van der Waals surface area contributed by atoms with E-state index in [-0.39, 0.29) is 12.2 Å². The Balaban J connectivity index is 1.44. The minimum Gasteiger partial charge on any atom is -0.371 e. The van der Waals surface area contributed by atoms with Crippen LogP contribution >= 0.6 is 0 Å². The second-order valence-electron chi connectivity index (χ2n) is 7.49. The molecule has 0 amide bonds. The van der Waals surface area contributed by atoms with Crippen LogP contribution in [0.4, 0.5) is 17.5 Å². The van der Waals surface area contributed by atoms with Gasteiger partial charge in [0.2, 0.25) is 0 Å². The highest BCUT2D eigenvalue weighted by molar-refractivity contribution is 5.69. The van der Waals surface area contributed by atoms with Crippen molar-refractivity contribution < 1.29 is 9.47 Å². The highest BCUT2D eigenvalue weighted by atomic mass is 16.6. The summed E-state index contributed by atoms with van der Waals surface area (Å²) in [6.07, 6.45) is 4.12. The fourth-order valence-electron chi connectivity index (χ4n) is 3.76. The number of aromatic amines is 1. The number of H-pyrrole nitrogens is 1. The van der Waals surface area contributed by atoms with E-state index in [4.69, 9.17) is 14.5 Å². The standard InChI is InChI=1S/C22H24N6O2/c1-15-11-21(27-26-15)24-20-12-22(28-13-17-18(14-28)30-10-9-29-17)25-19(23-20)8-7-16-5-3-2-4-6-16/h2-8,11-12,17-18H,9-10,13-14H2,1H3,(H2,23,24,25,26,27)/b8-7+/t17-,18+. The zero-order valence-electron chi connectivity index (χ0n) is 16.8. The Kier molecular flexibility index (Phi) is 5.17. The molecule has 8 heteroatoms. The molecule has 0 unspecified atom stereocenters. The van der Waals surface area contributed by atoms with Crippen LogP contribution in [0.3, 0.4) is 0 Å². The highest BCUT2D eigenvalue weighted by Crippen LogP contribution is 2.27. The van der Waals surface area contributed by atoms with Crippen molar-refractivity contribution in [3.63, 3.8) is 0 Å². The normalized spacial score (nSPS) is 21.2. The van der Waals surface area contributed by atoms with Gasteiger partial charge in [0.05, 0.1) is 18.9 Å². The Labute approximate surface area is 175 Å². The number of aryl methyl sites for hydroxylation is 1. The molecular weight excluding hydrogens is 380 g/mol. The van der Waals surface area contributed by atoms with Crippen molar-refractivity contribution in [1.29, 1.82) is 0 Å². The molecule has 2 saturated heterocycles. The zero-order valence-corrected chi connectivity index (χ0v) is 16.8. The molecule has 2 aliphatic rings. The monoisotopic (exact) mass is 404 g/mol. The van der Waals surface area contributed by atoms with Gasteiger partial charge in [0.1, 0.15) is 29.7 Å². The summed E-state index contributed by atoms with van der Waals surface area (Å²) in [7, 11) is 0. The molecule has 0 radical (unpaired) electrons. The van der Waals surface area contributed by atoms with Gasteiger partial charge in [0.15, 0.2) is 5.82 Å². The van der Waals surface area contributed by atoms with Crippen LogP contribution in [0.15, 0.2) is 42.5 Å². The van der Waals surface area contributed by atoms with Gasteiger partial charge < -0.3 is 19.7 Å². The third-order valence-electron chi connectivity index (χ3n) is 5.21. The van der Waals surface area contributed by atoms with Crippen LogP contribution in [0, 0.1) is 6.92 Å². The van der Waals surface area contributed by atoms with Gasteiger partial charge in [-0.15, -0.1) is 0 Å². The molecule has 0 bridgehead atoms. The minimum atomic E-state index is 0.0868. The molecule has 3 aromatic rings. The predicted molar refractivity (Wildman–Crippen MR) is 116 cm³/mol. The molecule has 5 rings (SSSR count). The molecule has 2 atom stereocenters. The summed E-state index contributed by atoms with van der Waals surface area (Å²) in [5, 5.41) is 10.4. The van der Waals surface area contributed by atoms with Gasteiger partial charge in [-0.3, -0.25) is 5.10 Å². The first kappa shape index (κ1) is 18.8. The molecule has 30 heavy (non-hydrogen) atoms. The molecule has 154 valence electrons. The first-order valence-electron chi connectivity index (χ1n) is 10.1. The molecule has 8 nitrogen and oxygen atoms in total. The van der Waals surface area contributed by atoms with E-state index >= 15 is 0 Å². The van der Waals surface area contributed by atoms with Crippen LogP contribution < -0.4 is 10.2 Å². The van der Waals surface area contributed by atoms with E-state index in [1.165, 1.54) is 0 Å². The van der Waals surface area contributed by atoms with E-state index in [2.05, 4.69) is 25.4 Å². The molecule has 2 aliphatic heterocycles. The van der Waals surface area contributed by atoms with Crippen LogP contribution in [0.1, 0.15) is 17.1 Å². The number of hydrogen-bond donors (Lipinski definition) is 2. The second kappa shape index (κ2) is 8.25. The smallest absolute Gasteiger partial charge is 0.156 e. The zero-order chi connectivity index (χ0) is 20.3. The molecule has 2 fully saturated rings. The van der Waals surface area contributed by atoms with Gasteiger partial charge >= 0.3 is 0 Å². The largest absolute Gasteiger partial charge is 0.371 e. The van der Waals surface area contributed by atoms with Gasteiger partial charge in [-0.05, 0) is 18.6 Å². The number of anilines is 3. The first-order valence-corrected chi connectivity index (χ1v) is 10.1. The Morgan fingerprint density at radius 1 is 1.03 bits per heavy atom. The van der Waals surface area contributed by atoms with Crippen LogP contribution in [0.25, 0.3) is 12.2 Å². The lowest BCUT2D eigenvalue weighted by atomic mass is 10.2. The Hall–Kier alpha value is -3.23. The lowest BCUT2D eigenvalue weighted by molar-refractivity contribution is -0.116. The summed E-state index contributed by atoms with van der Waals surface area (Å²) in [4.78, 5) is 11.7. The Morgan fingerprint density at radius 3 is 2.50 bits per heavy atom. The molecule has 0 spiro atoms. The maximum Gasteiger partial charge on any atom is 0.156 e. The maximum atomic E-state index is 5.86. The molecular formula is C22H24N6O2. The molecule has 0 saturated carbocycles. The van der Waals surface area contributed by atoms with Gasteiger partial charge in [-0.1, -0.05) is 36.4 Å². The van der Waals surface area contributed by atoms with Crippen molar-refractivity contribution in [3.8, 4) is 0 Å². The minimum absolute atomic E-state index is 0.0868. The average molecular weight is 404 g/mol. The molecule has 2 aromatic heterocycles. The van der Waals surface area contributed by atoms with Crippen molar-refractivity contribution >= 4 is 29.6 Å². The van der Waals surface area contributed by atoms with Gasteiger partial charge in [-0.2, -0.15) is 5.10 Å². The summed E-state index contributed by atoms with van der Waals surface area (Å²) < 4.78 is 11.7. The number of ether oxygens (including phenoxy) is 2. The third kappa shape index (κ3) is 4.19. The lowest BCUT2D eigenvalue weighted by Crippen LogP contribution is -2.36. The number of benzene rings is 1. The van der Waals surface area contributed by atoms with Crippen LogP contribution in [0.5, 0.6) is 0 Å². The molecule has 1 aromatic carbocycles. The van der Waals surface area contributed by atoms with E-state index in [1.54, 1.807) is 0 Å². The van der Waals surface area contributed by atoms with Crippen molar-refractivity contribution in [3.05, 3.63) is 59.5 Å². The number of fused-ring (bicyclic) bond motifs is 1. The topological polar surface area (TPSA) is 88.2 Å². The first-order chi connectivity index (χ1) is 14.7. The van der Waals surface area contributed by atoms with E-state index < -0.39 is 0 Å². The number of nitrogens with zero attached hydrogens (tertiary/aromatic N) is 4. The SMILES string of the molecule is Cc1cc(Nc2cc(N3C[C@@H]4OCCO[C@@H]4C3)nc(/C=C/c3ccccc3)n2)[nH]n1. The number of rotatable bonds is 5. The number of aromatic nitrogens is 4.